The molecule has 0 radical (unpaired) electrons. The molecule has 2 heterocycles. The quantitative estimate of drug-likeness (QED) is 0.662. The van der Waals surface area contributed by atoms with Crippen molar-refractivity contribution in [3.63, 3.8) is 0 Å². The maximum atomic E-state index is 12.8. The van der Waals surface area contributed by atoms with E-state index in [9.17, 15) is 13.2 Å². The summed E-state index contributed by atoms with van der Waals surface area (Å²) in [6.07, 6.45) is 1.65. The third-order valence-corrected chi connectivity index (χ3v) is 7.95. The fourth-order valence-corrected chi connectivity index (χ4v) is 6.14. The molecule has 28 heavy (non-hydrogen) atoms. The Morgan fingerprint density at radius 1 is 1.18 bits per heavy atom. The second kappa shape index (κ2) is 7.44. The van der Waals surface area contributed by atoms with Gasteiger partial charge in [0.1, 0.15) is 4.90 Å². The van der Waals surface area contributed by atoms with Gasteiger partial charge in [-0.2, -0.15) is 4.31 Å². The molecule has 0 spiro atoms. The molecule has 1 N–H and O–H groups in total. The van der Waals surface area contributed by atoms with Gasteiger partial charge in [-0.15, -0.1) is 0 Å². The third-order valence-electron chi connectivity index (χ3n) is 4.64. The number of carbonyl (C=O) groups is 1. The topological polar surface area (TPSA) is 79.4 Å². The van der Waals surface area contributed by atoms with Crippen LogP contribution in [0.15, 0.2) is 41.3 Å². The molecule has 1 aliphatic rings. The Kier molecular flexibility index (Phi) is 5.13. The first kappa shape index (κ1) is 19.3. The van der Waals surface area contributed by atoms with Crippen molar-refractivity contribution in [1.29, 1.82) is 0 Å². The molecule has 1 amide bonds. The van der Waals surface area contributed by atoms with E-state index in [2.05, 4.69) is 10.3 Å². The molecule has 4 rings (SSSR count). The van der Waals surface area contributed by atoms with Crippen LogP contribution < -0.4 is 5.32 Å². The maximum Gasteiger partial charge on any atom is 0.257 e. The zero-order valence-corrected chi connectivity index (χ0v) is 17.5. The normalized spacial score (nSPS) is 15.2. The van der Waals surface area contributed by atoms with E-state index in [1.807, 2.05) is 25.1 Å². The molecule has 1 aliphatic heterocycles. The van der Waals surface area contributed by atoms with Gasteiger partial charge in [-0.05, 0) is 55.7 Å². The van der Waals surface area contributed by atoms with E-state index in [0.29, 0.717) is 18.2 Å². The number of benzene rings is 2. The summed E-state index contributed by atoms with van der Waals surface area (Å²) in [6, 6.07) is 10.2. The fraction of sp³-hybridized carbons (Fsp3) is 0.263. The summed E-state index contributed by atoms with van der Waals surface area (Å²) in [5.74, 6) is -0.426. The minimum Gasteiger partial charge on any atom is -0.298 e. The van der Waals surface area contributed by atoms with Crippen LogP contribution in [-0.4, -0.2) is 36.7 Å². The Bertz CT molecular complexity index is 1170. The molecule has 0 unspecified atom stereocenters. The van der Waals surface area contributed by atoms with E-state index in [1.54, 1.807) is 0 Å². The largest absolute Gasteiger partial charge is 0.298 e. The van der Waals surface area contributed by atoms with Crippen molar-refractivity contribution in [2.75, 3.05) is 18.4 Å². The number of nitrogens with one attached hydrogen (secondary N) is 1. The van der Waals surface area contributed by atoms with E-state index in [0.717, 1.165) is 28.6 Å². The first-order chi connectivity index (χ1) is 13.3. The average molecular weight is 436 g/mol. The molecule has 1 fully saturated rings. The molecular formula is C19H18ClN3O3S2. The van der Waals surface area contributed by atoms with Crippen molar-refractivity contribution < 1.29 is 13.2 Å². The standard InChI is InChI=1S/C19H18ClN3O3S2/c1-12-4-7-15-16(10-12)27-19(21-15)22-18(24)13-5-6-14(20)17(11-13)28(25,26)23-8-2-3-9-23/h4-7,10-11H,2-3,8-9H2,1H3,(H,21,22,24). The van der Waals surface area contributed by atoms with Crippen LogP contribution >= 0.6 is 22.9 Å². The number of hydrogen-bond acceptors (Lipinski definition) is 5. The van der Waals surface area contributed by atoms with Crippen LogP contribution in [0.25, 0.3) is 10.2 Å². The Morgan fingerprint density at radius 2 is 1.93 bits per heavy atom. The van der Waals surface area contributed by atoms with Crippen LogP contribution in [0.2, 0.25) is 5.02 Å². The van der Waals surface area contributed by atoms with Gasteiger partial charge in [-0.25, -0.2) is 13.4 Å². The Labute approximate surface area is 172 Å². The zero-order valence-electron chi connectivity index (χ0n) is 15.1. The summed E-state index contributed by atoms with van der Waals surface area (Å²) < 4.78 is 28.1. The smallest absolute Gasteiger partial charge is 0.257 e. The Balaban J connectivity index is 1.62. The highest BCUT2D eigenvalue weighted by Gasteiger charge is 2.29. The molecule has 3 aromatic rings. The van der Waals surface area contributed by atoms with Crippen molar-refractivity contribution in [1.82, 2.24) is 9.29 Å². The van der Waals surface area contributed by atoms with Gasteiger partial charge in [0.05, 0.1) is 15.2 Å². The van der Waals surface area contributed by atoms with Crippen LogP contribution in [0.4, 0.5) is 5.13 Å². The maximum absolute atomic E-state index is 12.8. The molecular weight excluding hydrogens is 418 g/mol. The number of carbonyl (C=O) groups excluding carboxylic acids is 1. The molecule has 1 aromatic heterocycles. The van der Waals surface area contributed by atoms with Crippen LogP contribution in [0, 0.1) is 6.92 Å². The molecule has 0 aliphatic carbocycles. The second-order valence-corrected chi connectivity index (χ2v) is 10.0. The molecule has 2 aromatic carbocycles. The number of thiazole rings is 1. The van der Waals surface area contributed by atoms with Crippen LogP contribution in [0.5, 0.6) is 0 Å². The number of rotatable bonds is 4. The monoisotopic (exact) mass is 435 g/mol. The Hall–Kier alpha value is -2.00. The molecule has 0 atom stereocenters. The minimum absolute atomic E-state index is 0.0383. The van der Waals surface area contributed by atoms with Gasteiger partial charge in [-0.3, -0.25) is 10.1 Å². The second-order valence-electron chi connectivity index (χ2n) is 6.70. The zero-order chi connectivity index (χ0) is 19.9. The van der Waals surface area contributed by atoms with E-state index in [4.69, 9.17) is 11.6 Å². The van der Waals surface area contributed by atoms with E-state index < -0.39 is 15.9 Å². The predicted molar refractivity (Wildman–Crippen MR) is 112 cm³/mol. The lowest BCUT2D eigenvalue weighted by Crippen LogP contribution is -2.28. The summed E-state index contributed by atoms with van der Waals surface area (Å²) in [4.78, 5) is 17.0. The number of amides is 1. The number of halogens is 1. The van der Waals surface area contributed by atoms with Gasteiger partial charge in [0.15, 0.2) is 5.13 Å². The average Bonchev–Trinajstić information content (AvgIpc) is 3.31. The molecule has 1 saturated heterocycles. The molecule has 0 saturated carbocycles. The number of aryl methyl sites for hydroxylation is 1. The number of anilines is 1. The summed E-state index contributed by atoms with van der Waals surface area (Å²) in [7, 11) is -3.72. The van der Waals surface area contributed by atoms with Crippen molar-refractivity contribution >= 4 is 54.2 Å². The van der Waals surface area contributed by atoms with Crippen molar-refractivity contribution in [3.05, 3.63) is 52.5 Å². The number of hydrogen-bond donors (Lipinski definition) is 1. The highest BCUT2D eigenvalue weighted by Crippen LogP contribution is 2.30. The molecule has 9 heteroatoms. The highest BCUT2D eigenvalue weighted by atomic mass is 35.5. The highest BCUT2D eigenvalue weighted by molar-refractivity contribution is 7.89. The third kappa shape index (κ3) is 3.65. The van der Waals surface area contributed by atoms with E-state index in [-0.39, 0.29) is 15.5 Å². The lowest BCUT2D eigenvalue weighted by molar-refractivity contribution is 0.102. The number of sulfonamides is 1. The summed E-state index contributed by atoms with van der Waals surface area (Å²) >= 11 is 7.52. The first-order valence-electron chi connectivity index (χ1n) is 8.83. The van der Waals surface area contributed by atoms with Gasteiger partial charge < -0.3 is 0 Å². The van der Waals surface area contributed by atoms with E-state index >= 15 is 0 Å². The Morgan fingerprint density at radius 3 is 2.68 bits per heavy atom. The van der Waals surface area contributed by atoms with Gasteiger partial charge in [0, 0.05) is 18.7 Å². The van der Waals surface area contributed by atoms with Crippen LogP contribution in [-0.2, 0) is 10.0 Å². The number of nitrogens with zero attached hydrogens (tertiary/aromatic N) is 2. The van der Waals surface area contributed by atoms with Gasteiger partial charge in [0.2, 0.25) is 10.0 Å². The summed E-state index contributed by atoms with van der Waals surface area (Å²) in [5, 5.41) is 3.32. The van der Waals surface area contributed by atoms with Crippen LogP contribution in [0.3, 0.4) is 0 Å². The fourth-order valence-electron chi connectivity index (χ4n) is 3.16. The number of aromatic nitrogens is 1. The van der Waals surface area contributed by atoms with Gasteiger partial charge in [0.25, 0.3) is 5.91 Å². The van der Waals surface area contributed by atoms with Gasteiger partial charge in [-0.1, -0.05) is 29.0 Å². The molecule has 0 bridgehead atoms. The first-order valence-corrected chi connectivity index (χ1v) is 11.5. The van der Waals surface area contributed by atoms with Crippen molar-refractivity contribution in [2.24, 2.45) is 0 Å². The lowest BCUT2D eigenvalue weighted by Gasteiger charge is -2.17. The SMILES string of the molecule is Cc1ccc2nc(NC(=O)c3ccc(Cl)c(S(=O)(=O)N4CCCC4)c3)sc2c1. The number of fused-ring (bicyclic) bond motifs is 1. The predicted octanol–water partition coefficient (Wildman–Crippen LogP) is 4.29. The van der Waals surface area contributed by atoms with Gasteiger partial charge >= 0.3 is 0 Å². The summed E-state index contributed by atoms with van der Waals surface area (Å²) in [5.41, 5.74) is 2.14. The van der Waals surface area contributed by atoms with Crippen LogP contribution in [0.1, 0.15) is 28.8 Å². The lowest BCUT2D eigenvalue weighted by atomic mass is 10.2. The summed E-state index contributed by atoms with van der Waals surface area (Å²) in [6.45, 7) is 2.94. The van der Waals surface area contributed by atoms with Crippen molar-refractivity contribution in [2.45, 2.75) is 24.7 Å². The minimum atomic E-state index is -3.72. The van der Waals surface area contributed by atoms with E-state index in [1.165, 1.54) is 33.8 Å². The molecule has 146 valence electrons. The molecule has 6 nitrogen and oxygen atoms in total. The van der Waals surface area contributed by atoms with Crippen molar-refractivity contribution in [3.8, 4) is 0 Å².